The van der Waals surface area contributed by atoms with E-state index in [1.54, 1.807) is 0 Å². The molecule has 0 unspecified atom stereocenters. The van der Waals surface area contributed by atoms with Gasteiger partial charge in [-0.1, -0.05) is 41.9 Å². The van der Waals surface area contributed by atoms with Gasteiger partial charge in [-0.3, -0.25) is 4.79 Å². The SMILES string of the molecule is CCN1CCN(C(=O)CCc2nc(-c3ccc(C)cc3)no2)CC1. The summed E-state index contributed by atoms with van der Waals surface area (Å²) in [4.78, 5) is 21.0. The van der Waals surface area contributed by atoms with E-state index >= 15 is 0 Å². The van der Waals surface area contributed by atoms with Crippen LogP contribution < -0.4 is 0 Å². The minimum absolute atomic E-state index is 0.167. The molecule has 0 N–H and O–H groups in total. The maximum atomic E-state index is 12.3. The van der Waals surface area contributed by atoms with Gasteiger partial charge in [0, 0.05) is 44.6 Å². The fraction of sp³-hybridized carbons (Fsp3) is 0.500. The predicted octanol–water partition coefficient (Wildman–Crippen LogP) is 2.14. The number of aryl methyl sites for hydroxylation is 2. The number of piperazine rings is 1. The fourth-order valence-electron chi connectivity index (χ4n) is 2.86. The van der Waals surface area contributed by atoms with Crippen molar-refractivity contribution >= 4 is 5.91 Å². The second-order valence-corrected chi connectivity index (χ2v) is 6.19. The highest BCUT2D eigenvalue weighted by atomic mass is 16.5. The van der Waals surface area contributed by atoms with E-state index in [2.05, 4.69) is 22.0 Å². The summed E-state index contributed by atoms with van der Waals surface area (Å²) in [5.41, 5.74) is 2.12. The highest BCUT2D eigenvalue weighted by Gasteiger charge is 2.20. The maximum Gasteiger partial charge on any atom is 0.227 e. The molecule has 0 saturated carbocycles. The van der Waals surface area contributed by atoms with Crippen molar-refractivity contribution in [1.29, 1.82) is 0 Å². The van der Waals surface area contributed by atoms with E-state index < -0.39 is 0 Å². The molecule has 0 spiro atoms. The van der Waals surface area contributed by atoms with E-state index in [0.717, 1.165) is 38.3 Å². The normalized spacial score (nSPS) is 15.7. The average molecular weight is 328 g/mol. The largest absolute Gasteiger partial charge is 0.340 e. The standard InChI is InChI=1S/C18H24N4O2/c1-3-21-10-12-22(13-11-21)17(23)9-8-16-19-18(20-24-16)15-6-4-14(2)5-7-15/h4-7H,3,8-13H2,1-2H3. The van der Waals surface area contributed by atoms with Gasteiger partial charge in [0.25, 0.3) is 0 Å². The third-order valence-corrected chi connectivity index (χ3v) is 4.50. The minimum Gasteiger partial charge on any atom is -0.340 e. The molecular weight excluding hydrogens is 304 g/mol. The van der Waals surface area contributed by atoms with Gasteiger partial charge in [-0.15, -0.1) is 0 Å². The number of carbonyl (C=O) groups is 1. The zero-order chi connectivity index (χ0) is 16.9. The summed E-state index contributed by atoms with van der Waals surface area (Å²) in [7, 11) is 0. The summed E-state index contributed by atoms with van der Waals surface area (Å²) in [5.74, 6) is 1.26. The lowest BCUT2D eigenvalue weighted by Gasteiger charge is -2.34. The van der Waals surface area contributed by atoms with Crippen LogP contribution in [0.15, 0.2) is 28.8 Å². The van der Waals surface area contributed by atoms with Crippen LogP contribution in [0.4, 0.5) is 0 Å². The van der Waals surface area contributed by atoms with Crippen LogP contribution in [0.5, 0.6) is 0 Å². The highest BCUT2D eigenvalue weighted by Crippen LogP contribution is 2.17. The van der Waals surface area contributed by atoms with Gasteiger partial charge >= 0.3 is 0 Å². The Bertz CT molecular complexity index is 673. The lowest BCUT2D eigenvalue weighted by Crippen LogP contribution is -2.48. The first-order valence-corrected chi connectivity index (χ1v) is 8.55. The molecule has 128 valence electrons. The summed E-state index contributed by atoms with van der Waals surface area (Å²) in [5, 5.41) is 4.01. The van der Waals surface area contributed by atoms with Crippen LogP contribution in [0.3, 0.4) is 0 Å². The number of likely N-dealkylation sites (N-methyl/N-ethyl adjacent to an activating group) is 1. The Morgan fingerprint density at radius 3 is 2.54 bits per heavy atom. The van der Waals surface area contributed by atoms with Crippen LogP contribution >= 0.6 is 0 Å². The van der Waals surface area contributed by atoms with Crippen molar-refractivity contribution in [2.75, 3.05) is 32.7 Å². The van der Waals surface area contributed by atoms with Crippen molar-refractivity contribution in [3.63, 3.8) is 0 Å². The molecular formula is C18H24N4O2. The van der Waals surface area contributed by atoms with Gasteiger partial charge in [0.05, 0.1) is 0 Å². The Labute approximate surface area is 142 Å². The number of nitrogens with zero attached hydrogens (tertiary/aromatic N) is 4. The molecule has 0 atom stereocenters. The second kappa shape index (κ2) is 7.57. The third-order valence-electron chi connectivity index (χ3n) is 4.50. The van der Waals surface area contributed by atoms with Gasteiger partial charge < -0.3 is 14.3 Å². The van der Waals surface area contributed by atoms with Crippen molar-refractivity contribution in [2.24, 2.45) is 0 Å². The quantitative estimate of drug-likeness (QED) is 0.841. The average Bonchev–Trinajstić information content (AvgIpc) is 3.09. The Balaban J connectivity index is 1.52. The predicted molar refractivity (Wildman–Crippen MR) is 91.5 cm³/mol. The molecule has 3 rings (SSSR count). The van der Waals surface area contributed by atoms with Crippen molar-refractivity contribution in [1.82, 2.24) is 19.9 Å². The highest BCUT2D eigenvalue weighted by molar-refractivity contribution is 5.76. The number of amides is 1. The Kier molecular flexibility index (Phi) is 5.25. The molecule has 1 aromatic carbocycles. The number of carbonyl (C=O) groups excluding carboxylic acids is 1. The summed E-state index contributed by atoms with van der Waals surface area (Å²) in [6.07, 6.45) is 0.910. The van der Waals surface area contributed by atoms with Gasteiger partial charge in [0.2, 0.25) is 17.6 Å². The molecule has 0 radical (unpaired) electrons. The third kappa shape index (κ3) is 4.00. The number of hydrogen-bond acceptors (Lipinski definition) is 5. The molecule has 24 heavy (non-hydrogen) atoms. The van der Waals surface area contributed by atoms with Gasteiger partial charge in [0.15, 0.2) is 0 Å². The summed E-state index contributed by atoms with van der Waals surface area (Å²) < 4.78 is 5.28. The molecule has 1 fully saturated rings. The molecule has 6 heteroatoms. The molecule has 0 aliphatic carbocycles. The smallest absolute Gasteiger partial charge is 0.227 e. The van der Waals surface area contributed by atoms with Crippen molar-refractivity contribution in [2.45, 2.75) is 26.7 Å². The fourth-order valence-corrected chi connectivity index (χ4v) is 2.86. The summed E-state index contributed by atoms with van der Waals surface area (Å²) >= 11 is 0. The Morgan fingerprint density at radius 2 is 1.88 bits per heavy atom. The van der Waals surface area contributed by atoms with Crippen LogP contribution in [0.1, 0.15) is 24.8 Å². The first-order valence-electron chi connectivity index (χ1n) is 8.55. The van der Waals surface area contributed by atoms with Crippen molar-refractivity contribution < 1.29 is 9.32 Å². The number of hydrogen-bond donors (Lipinski definition) is 0. The van der Waals surface area contributed by atoms with E-state index in [9.17, 15) is 4.79 Å². The maximum absolute atomic E-state index is 12.3. The minimum atomic E-state index is 0.167. The zero-order valence-corrected chi connectivity index (χ0v) is 14.4. The molecule has 2 heterocycles. The van der Waals surface area contributed by atoms with Crippen LogP contribution in [0, 0.1) is 6.92 Å². The second-order valence-electron chi connectivity index (χ2n) is 6.19. The number of rotatable bonds is 5. The zero-order valence-electron chi connectivity index (χ0n) is 14.4. The van der Waals surface area contributed by atoms with E-state index in [1.165, 1.54) is 5.56 Å². The van der Waals surface area contributed by atoms with Crippen LogP contribution in [0.2, 0.25) is 0 Å². The molecule has 1 saturated heterocycles. The number of benzene rings is 1. The van der Waals surface area contributed by atoms with E-state index in [4.69, 9.17) is 4.52 Å². The van der Waals surface area contributed by atoms with E-state index in [1.807, 2.05) is 36.1 Å². The van der Waals surface area contributed by atoms with E-state index in [0.29, 0.717) is 24.6 Å². The van der Waals surface area contributed by atoms with Crippen LogP contribution in [-0.2, 0) is 11.2 Å². The molecule has 6 nitrogen and oxygen atoms in total. The monoisotopic (exact) mass is 328 g/mol. The van der Waals surface area contributed by atoms with Crippen LogP contribution in [0.25, 0.3) is 11.4 Å². The van der Waals surface area contributed by atoms with Gasteiger partial charge in [-0.05, 0) is 13.5 Å². The van der Waals surface area contributed by atoms with Crippen molar-refractivity contribution in [3.05, 3.63) is 35.7 Å². The summed E-state index contributed by atoms with van der Waals surface area (Å²) in [6, 6.07) is 7.99. The molecule has 1 amide bonds. The molecule has 2 aromatic rings. The Morgan fingerprint density at radius 1 is 1.17 bits per heavy atom. The van der Waals surface area contributed by atoms with Gasteiger partial charge in [0.1, 0.15) is 0 Å². The first kappa shape index (κ1) is 16.6. The van der Waals surface area contributed by atoms with E-state index in [-0.39, 0.29) is 5.91 Å². The molecule has 1 aliphatic rings. The van der Waals surface area contributed by atoms with Gasteiger partial charge in [-0.2, -0.15) is 4.98 Å². The Hall–Kier alpha value is -2.21. The molecule has 1 aromatic heterocycles. The number of aromatic nitrogens is 2. The molecule has 0 bridgehead atoms. The topological polar surface area (TPSA) is 62.5 Å². The lowest BCUT2D eigenvalue weighted by molar-refractivity contribution is -0.132. The lowest BCUT2D eigenvalue weighted by atomic mass is 10.1. The molecule has 1 aliphatic heterocycles. The first-order chi connectivity index (χ1) is 11.7. The van der Waals surface area contributed by atoms with Gasteiger partial charge in [-0.25, -0.2) is 0 Å². The van der Waals surface area contributed by atoms with Crippen molar-refractivity contribution in [3.8, 4) is 11.4 Å². The summed E-state index contributed by atoms with van der Waals surface area (Å²) in [6.45, 7) is 8.78. The van der Waals surface area contributed by atoms with Crippen LogP contribution in [-0.4, -0.2) is 58.6 Å².